The van der Waals surface area contributed by atoms with E-state index in [9.17, 15) is 14.4 Å². The zero-order valence-electron chi connectivity index (χ0n) is 14.3. The van der Waals surface area contributed by atoms with Gasteiger partial charge in [0, 0.05) is 0 Å². The van der Waals surface area contributed by atoms with Gasteiger partial charge in [0.2, 0.25) is 0 Å². The number of thiophene rings is 1. The molecule has 3 aromatic heterocycles. The van der Waals surface area contributed by atoms with Crippen LogP contribution in [0.5, 0.6) is 0 Å². The first-order valence-corrected chi connectivity index (χ1v) is 8.79. The molecule has 140 valence electrons. The molecule has 2 N–H and O–H groups in total. The zero-order chi connectivity index (χ0) is 19.2. The lowest BCUT2D eigenvalue weighted by Gasteiger charge is -2.11. The molecule has 0 fully saturated rings. The molecule has 0 aliphatic carbocycles. The Balaban J connectivity index is 1.47. The van der Waals surface area contributed by atoms with E-state index in [-0.39, 0.29) is 16.7 Å². The summed E-state index contributed by atoms with van der Waals surface area (Å²) in [7, 11) is 0. The van der Waals surface area contributed by atoms with Crippen molar-refractivity contribution in [3.63, 3.8) is 0 Å². The number of amides is 2. The SMILES string of the molecule is CC(NC(=O)COC(=O)c1ccc(NC(=O)c2ccco2)s1)c1ccco1. The first-order valence-electron chi connectivity index (χ1n) is 7.97. The van der Waals surface area contributed by atoms with Crippen LogP contribution >= 0.6 is 11.3 Å². The molecule has 0 saturated carbocycles. The maximum absolute atomic E-state index is 12.0. The summed E-state index contributed by atoms with van der Waals surface area (Å²) >= 11 is 1.04. The van der Waals surface area contributed by atoms with Crippen molar-refractivity contribution in [2.24, 2.45) is 0 Å². The predicted molar refractivity (Wildman–Crippen MR) is 96.5 cm³/mol. The fourth-order valence-electron chi connectivity index (χ4n) is 2.19. The molecule has 8 nitrogen and oxygen atoms in total. The summed E-state index contributed by atoms with van der Waals surface area (Å²) in [6, 6.07) is 9.33. The van der Waals surface area contributed by atoms with Gasteiger partial charge in [-0.1, -0.05) is 0 Å². The Morgan fingerprint density at radius 1 is 1.11 bits per heavy atom. The van der Waals surface area contributed by atoms with E-state index in [0.717, 1.165) is 11.3 Å². The van der Waals surface area contributed by atoms with Crippen molar-refractivity contribution in [1.82, 2.24) is 5.32 Å². The van der Waals surface area contributed by atoms with Gasteiger partial charge >= 0.3 is 5.97 Å². The van der Waals surface area contributed by atoms with Gasteiger partial charge in [-0.15, -0.1) is 11.3 Å². The molecule has 0 aromatic carbocycles. The number of carbonyl (C=O) groups excluding carboxylic acids is 3. The molecule has 0 saturated heterocycles. The highest BCUT2D eigenvalue weighted by Crippen LogP contribution is 2.23. The molecular weight excluding hydrogens is 372 g/mol. The molecule has 0 bridgehead atoms. The lowest BCUT2D eigenvalue weighted by Crippen LogP contribution is -2.30. The van der Waals surface area contributed by atoms with Crippen LogP contribution in [-0.2, 0) is 9.53 Å². The number of ether oxygens (including phenoxy) is 1. The van der Waals surface area contributed by atoms with E-state index in [0.29, 0.717) is 10.8 Å². The minimum absolute atomic E-state index is 0.162. The number of anilines is 1. The van der Waals surface area contributed by atoms with Gasteiger partial charge in [0.1, 0.15) is 10.6 Å². The Kier molecular flexibility index (Phi) is 5.72. The summed E-state index contributed by atoms with van der Waals surface area (Å²) in [5.41, 5.74) is 0. The van der Waals surface area contributed by atoms with Gasteiger partial charge in [-0.25, -0.2) is 4.79 Å². The van der Waals surface area contributed by atoms with E-state index in [2.05, 4.69) is 10.6 Å². The topological polar surface area (TPSA) is 111 Å². The normalized spacial score (nSPS) is 11.6. The lowest BCUT2D eigenvalue weighted by molar-refractivity contribution is -0.125. The largest absolute Gasteiger partial charge is 0.467 e. The number of furan rings is 2. The maximum Gasteiger partial charge on any atom is 0.348 e. The highest BCUT2D eigenvalue weighted by molar-refractivity contribution is 7.18. The molecule has 0 aliphatic rings. The molecule has 27 heavy (non-hydrogen) atoms. The minimum Gasteiger partial charge on any atom is -0.467 e. The third-order valence-electron chi connectivity index (χ3n) is 3.47. The van der Waals surface area contributed by atoms with E-state index in [1.165, 1.54) is 24.7 Å². The number of esters is 1. The Hall–Kier alpha value is -3.33. The van der Waals surface area contributed by atoms with E-state index >= 15 is 0 Å². The standard InChI is InChI=1S/C18H16N2O6S/c1-11(12-4-2-8-24-12)19-15(21)10-26-18(23)14-6-7-16(27-14)20-17(22)13-5-3-9-25-13/h2-9,11H,10H2,1H3,(H,19,21)(H,20,22). The van der Waals surface area contributed by atoms with Crippen LogP contribution in [0.15, 0.2) is 57.8 Å². The Morgan fingerprint density at radius 2 is 1.89 bits per heavy atom. The maximum atomic E-state index is 12.0. The van der Waals surface area contributed by atoms with Crippen LogP contribution in [0.25, 0.3) is 0 Å². The van der Waals surface area contributed by atoms with Crippen LogP contribution in [-0.4, -0.2) is 24.4 Å². The molecule has 3 aromatic rings. The number of hydrogen-bond acceptors (Lipinski definition) is 7. The van der Waals surface area contributed by atoms with Crippen molar-refractivity contribution >= 4 is 34.1 Å². The van der Waals surface area contributed by atoms with Gasteiger partial charge in [-0.2, -0.15) is 0 Å². The first-order chi connectivity index (χ1) is 13.0. The van der Waals surface area contributed by atoms with Gasteiger partial charge in [0.05, 0.1) is 23.6 Å². The van der Waals surface area contributed by atoms with Crippen molar-refractivity contribution in [2.75, 3.05) is 11.9 Å². The van der Waals surface area contributed by atoms with Crippen LogP contribution in [0.3, 0.4) is 0 Å². The molecule has 2 amide bonds. The predicted octanol–water partition coefficient (Wildman–Crippen LogP) is 3.22. The van der Waals surface area contributed by atoms with Gasteiger partial charge in [0.25, 0.3) is 11.8 Å². The summed E-state index contributed by atoms with van der Waals surface area (Å²) < 4.78 is 15.2. The molecule has 1 unspecified atom stereocenters. The molecular formula is C18H16N2O6S. The Labute approximate surface area is 158 Å². The second kappa shape index (κ2) is 8.37. The van der Waals surface area contributed by atoms with Gasteiger partial charge in [-0.3, -0.25) is 9.59 Å². The quantitative estimate of drug-likeness (QED) is 0.601. The average molecular weight is 388 g/mol. The first kappa shape index (κ1) is 18.5. The summed E-state index contributed by atoms with van der Waals surface area (Å²) in [5.74, 6) is -0.762. The molecule has 1 atom stereocenters. The van der Waals surface area contributed by atoms with Gasteiger partial charge in [0.15, 0.2) is 12.4 Å². The van der Waals surface area contributed by atoms with E-state index in [1.54, 1.807) is 31.2 Å². The van der Waals surface area contributed by atoms with E-state index < -0.39 is 24.4 Å². The summed E-state index contributed by atoms with van der Waals surface area (Å²) in [4.78, 5) is 36.1. The number of carbonyl (C=O) groups is 3. The van der Waals surface area contributed by atoms with Gasteiger partial charge in [-0.05, 0) is 43.3 Å². The van der Waals surface area contributed by atoms with E-state index in [1.807, 2.05) is 0 Å². The van der Waals surface area contributed by atoms with Crippen LogP contribution in [0.4, 0.5) is 5.00 Å². The van der Waals surface area contributed by atoms with E-state index in [4.69, 9.17) is 13.6 Å². The second-order valence-electron chi connectivity index (χ2n) is 5.48. The van der Waals surface area contributed by atoms with Crippen molar-refractivity contribution in [2.45, 2.75) is 13.0 Å². The van der Waals surface area contributed by atoms with Crippen LogP contribution in [0, 0.1) is 0 Å². The molecule has 0 spiro atoms. The highest BCUT2D eigenvalue weighted by Gasteiger charge is 2.17. The summed E-state index contributed by atoms with van der Waals surface area (Å²) in [6.07, 6.45) is 2.90. The third kappa shape index (κ3) is 4.85. The fourth-order valence-corrected chi connectivity index (χ4v) is 2.99. The van der Waals surface area contributed by atoms with Gasteiger partial charge < -0.3 is 24.2 Å². The van der Waals surface area contributed by atoms with Crippen molar-refractivity contribution in [3.8, 4) is 0 Å². The molecule has 3 rings (SSSR count). The van der Waals surface area contributed by atoms with Crippen LogP contribution in [0.2, 0.25) is 0 Å². The second-order valence-corrected chi connectivity index (χ2v) is 6.56. The average Bonchev–Trinajstić information content (AvgIpc) is 3.41. The van der Waals surface area contributed by atoms with Crippen molar-refractivity contribution in [3.05, 3.63) is 65.3 Å². The summed E-state index contributed by atoms with van der Waals surface area (Å²) in [6.45, 7) is 1.33. The van der Waals surface area contributed by atoms with Crippen molar-refractivity contribution < 1.29 is 28.0 Å². The minimum atomic E-state index is -0.653. The number of nitrogens with one attached hydrogen (secondary N) is 2. The van der Waals surface area contributed by atoms with Crippen LogP contribution < -0.4 is 10.6 Å². The molecule has 9 heteroatoms. The molecule has 3 heterocycles. The molecule has 0 radical (unpaired) electrons. The molecule has 0 aliphatic heterocycles. The Morgan fingerprint density at radius 3 is 2.59 bits per heavy atom. The number of rotatable bonds is 7. The highest BCUT2D eigenvalue weighted by atomic mass is 32.1. The lowest BCUT2D eigenvalue weighted by atomic mass is 10.2. The number of hydrogen-bond donors (Lipinski definition) is 2. The summed E-state index contributed by atoms with van der Waals surface area (Å²) in [5, 5.41) is 5.73. The zero-order valence-corrected chi connectivity index (χ0v) is 15.1. The fraction of sp³-hybridized carbons (Fsp3) is 0.167. The smallest absolute Gasteiger partial charge is 0.348 e. The third-order valence-corrected chi connectivity index (χ3v) is 4.45. The Bertz CT molecular complexity index is 914. The monoisotopic (exact) mass is 388 g/mol. The van der Waals surface area contributed by atoms with Crippen LogP contribution in [0.1, 0.15) is 39.0 Å². The van der Waals surface area contributed by atoms with Crippen molar-refractivity contribution in [1.29, 1.82) is 0 Å².